The fraction of sp³-hybridized carbons (Fsp3) is 0.167. The highest BCUT2D eigenvalue weighted by atomic mass is 35.5. The van der Waals surface area contributed by atoms with Crippen LogP contribution in [0.25, 0.3) is 0 Å². The van der Waals surface area contributed by atoms with Gasteiger partial charge in [0.15, 0.2) is 0 Å². The van der Waals surface area contributed by atoms with E-state index >= 15 is 0 Å². The van der Waals surface area contributed by atoms with E-state index in [0.717, 1.165) is 11.5 Å². The maximum Gasteiger partial charge on any atom is 0.238 e. The van der Waals surface area contributed by atoms with Crippen molar-refractivity contribution in [2.75, 3.05) is 11.9 Å². The van der Waals surface area contributed by atoms with Crippen LogP contribution in [0.5, 0.6) is 0 Å². The Hall–Kier alpha value is -2.21. The molecule has 130 valence electrons. The second-order valence-electron chi connectivity index (χ2n) is 5.51. The number of furan rings is 2. The number of hydrogen-bond donors (Lipinski definition) is 1. The van der Waals surface area contributed by atoms with Crippen LogP contribution >= 0.6 is 23.2 Å². The summed E-state index contributed by atoms with van der Waals surface area (Å²) in [5.41, 5.74) is 0.554. The molecule has 1 aromatic carbocycles. The van der Waals surface area contributed by atoms with Crippen molar-refractivity contribution in [1.29, 1.82) is 0 Å². The van der Waals surface area contributed by atoms with E-state index in [2.05, 4.69) is 5.32 Å². The van der Waals surface area contributed by atoms with Crippen LogP contribution in [0.3, 0.4) is 0 Å². The van der Waals surface area contributed by atoms with Gasteiger partial charge in [-0.2, -0.15) is 0 Å². The maximum absolute atomic E-state index is 12.4. The number of nitrogens with one attached hydrogen (secondary N) is 1. The van der Waals surface area contributed by atoms with E-state index in [4.69, 9.17) is 32.0 Å². The first-order chi connectivity index (χ1) is 12.1. The Morgan fingerprint density at radius 3 is 2.00 bits per heavy atom. The first-order valence-corrected chi connectivity index (χ1v) is 8.37. The fourth-order valence-electron chi connectivity index (χ4n) is 2.44. The molecule has 25 heavy (non-hydrogen) atoms. The van der Waals surface area contributed by atoms with Crippen molar-refractivity contribution < 1.29 is 13.6 Å². The minimum absolute atomic E-state index is 0.158. The highest BCUT2D eigenvalue weighted by molar-refractivity contribution is 6.35. The molecular formula is C18H16Cl2N2O3. The Morgan fingerprint density at radius 1 is 0.960 bits per heavy atom. The van der Waals surface area contributed by atoms with Crippen molar-refractivity contribution in [2.24, 2.45) is 0 Å². The highest BCUT2D eigenvalue weighted by Crippen LogP contribution is 2.22. The minimum atomic E-state index is -0.184. The van der Waals surface area contributed by atoms with E-state index in [0.29, 0.717) is 28.8 Å². The first kappa shape index (κ1) is 17.6. The summed E-state index contributed by atoms with van der Waals surface area (Å²) in [5.74, 6) is 1.35. The van der Waals surface area contributed by atoms with Gasteiger partial charge in [-0.3, -0.25) is 9.69 Å². The van der Waals surface area contributed by atoms with Gasteiger partial charge < -0.3 is 14.2 Å². The van der Waals surface area contributed by atoms with Crippen molar-refractivity contribution in [1.82, 2.24) is 4.90 Å². The Labute approximate surface area is 155 Å². The third-order valence-corrected chi connectivity index (χ3v) is 3.87. The molecule has 0 aliphatic heterocycles. The summed E-state index contributed by atoms with van der Waals surface area (Å²) in [5, 5.41) is 3.73. The van der Waals surface area contributed by atoms with Crippen LogP contribution in [0.4, 0.5) is 5.69 Å². The largest absolute Gasteiger partial charge is 0.468 e. The third-order valence-electron chi connectivity index (χ3n) is 3.43. The van der Waals surface area contributed by atoms with Crippen molar-refractivity contribution in [3.8, 4) is 0 Å². The van der Waals surface area contributed by atoms with Crippen LogP contribution < -0.4 is 5.32 Å². The summed E-state index contributed by atoms with van der Waals surface area (Å²) in [6.07, 6.45) is 3.21. The Morgan fingerprint density at radius 2 is 1.52 bits per heavy atom. The zero-order chi connectivity index (χ0) is 17.6. The Kier molecular flexibility index (Phi) is 5.81. The summed E-state index contributed by atoms with van der Waals surface area (Å²) in [4.78, 5) is 14.3. The molecule has 2 aromatic heterocycles. The predicted octanol–water partition coefficient (Wildman–Crippen LogP) is 4.82. The fourth-order valence-corrected chi connectivity index (χ4v) is 2.97. The summed E-state index contributed by atoms with van der Waals surface area (Å²) in [6, 6.07) is 12.3. The second-order valence-corrected chi connectivity index (χ2v) is 6.38. The number of carbonyl (C=O) groups excluding carboxylic acids is 1. The lowest BCUT2D eigenvalue weighted by Gasteiger charge is -2.19. The molecule has 0 fully saturated rings. The molecule has 0 spiro atoms. The van der Waals surface area contributed by atoms with Crippen LogP contribution in [0.2, 0.25) is 10.0 Å². The zero-order valence-electron chi connectivity index (χ0n) is 13.2. The molecule has 0 unspecified atom stereocenters. The van der Waals surface area contributed by atoms with Gasteiger partial charge >= 0.3 is 0 Å². The highest BCUT2D eigenvalue weighted by Gasteiger charge is 2.15. The maximum atomic E-state index is 12.4. The summed E-state index contributed by atoms with van der Waals surface area (Å²) in [7, 11) is 0. The normalized spacial score (nSPS) is 11.0. The topological polar surface area (TPSA) is 58.6 Å². The number of halogens is 2. The van der Waals surface area contributed by atoms with Crippen molar-refractivity contribution in [3.63, 3.8) is 0 Å². The van der Waals surface area contributed by atoms with Gasteiger partial charge in [-0.1, -0.05) is 23.2 Å². The van der Waals surface area contributed by atoms with E-state index in [-0.39, 0.29) is 12.5 Å². The van der Waals surface area contributed by atoms with Gasteiger partial charge in [-0.05, 0) is 42.5 Å². The van der Waals surface area contributed by atoms with Crippen LogP contribution in [0.15, 0.2) is 63.8 Å². The molecule has 1 N–H and O–H groups in total. The molecule has 0 bridgehead atoms. The van der Waals surface area contributed by atoms with Crippen LogP contribution in [0, 0.1) is 0 Å². The molecule has 0 aliphatic rings. The molecule has 2 heterocycles. The number of anilines is 1. The van der Waals surface area contributed by atoms with Crippen molar-refractivity contribution in [2.45, 2.75) is 13.1 Å². The molecule has 5 nitrogen and oxygen atoms in total. The van der Waals surface area contributed by atoms with Gasteiger partial charge in [-0.25, -0.2) is 0 Å². The average Bonchev–Trinajstić information content (AvgIpc) is 3.19. The zero-order valence-corrected chi connectivity index (χ0v) is 14.8. The number of carbonyl (C=O) groups is 1. The van der Waals surface area contributed by atoms with Gasteiger partial charge in [0, 0.05) is 15.7 Å². The number of benzene rings is 1. The lowest BCUT2D eigenvalue weighted by Crippen LogP contribution is -2.32. The van der Waals surface area contributed by atoms with Gasteiger partial charge in [0.2, 0.25) is 5.91 Å². The number of amides is 1. The SMILES string of the molecule is O=C(CN(Cc1ccco1)Cc1ccco1)Nc1cc(Cl)cc(Cl)c1. The molecule has 3 rings (SSSR count). The van der Waals surface area contributed by atoms with Crippen molar-refractivity contribution >= 4 is 34.8 Å². The quantitative estimate of drug-likeness (QED) is 0.640. The van der Waals surface area contributed by atoms with Crippen molar-refractivity contribution in [3.05, 3.63) is 76.6 Å². The lowest BCUT2D eigenvalue weighted by molar-refractivity contribution is -0.117. The van der Waals surface area contributed by atoms with Gasteiger partial charge in [0.05, 0.1) is 32.2 Å². The minimum Gasteiger partial charge on any atom is -0.468 e. The molecule has 0 atom stereocenters. The number of nitrogens with zero attached hydrogens (tertiary/aromatic N) is 1. The predicted molar refractivity (Wildman–Crippen MR) is 96.6 cm³/mol. The van der Waals surface area contributed by atoms with Gasteiger partial charge in [0.25, 0.3) is 0 Å². The standard InChI is InChI=1S/C18H16Cl2N2O3/c19-13-7-14(20)9-15(8-13)21-18(23)12-22(10-16-3-1-5-24-16)11-17-4-2-6-25-17/h1-9H,10-12H2,(H,21,23). The van der Waals surface area contributed by atoms with Crippen LogP contribution in [0.1, 0.15) is 11.5 Å². The van der Waals surface area contributed by atoms with E-state index in [1.807, 2.05) is 29.2 Å². The number of rotatable bonds is 7. The van der Waals surface area contributed by atoms with Crippen LogP contribution in [-0.4, -0.2) is 17.4 Å². The monoisotopic (exact) mass is 378 g/mol. The number of hydrogen-bond acceptors (Lipinski definition) is 4. The summed E-state index contributed by atoms with van der Waals surface area (Å²) >= 11 is 11.9. The Bertz CT molecular complexity index is 760. The average molecular weight is 379 g/mol. The third kappa shape index (κ3) is 5.39. The Balaban J connectivity index is 1.66. The van der Waals surface area contributed by atoms with Gasteiger partial charge in [0.1, 0.15) is 11.5 Å². The molecule has 7 heteroatoms. The van der Waals surface area contributed by atoms with E-state index in [9.17, 15) is 4.79 Å². The molecule has 0 saturated heterocycles. The van der Waals surface area contributed by atoms with Gasteiger partial charge in [-0.15, -0.1) is 0 Å². The van der Waals surface area contributed by atoms with E-state index in [1.54, 1.807) is 30.7 Å². The molecule has 0 radical (unpaired) electrons. The summed E-state index contributed by atoms with van der Waals surface area (Å²) in [6.45, 7) is 1.13. The molecular weight excluding hydrogens is 363 g/mol. The van der Waals surface area contributed by atoms with Crippen LogP contribution in [-0.2, 0) is 17.9 Å². The van der Waals surface area contributed by atoms with E-state index in [1.165, 1.54) is 0 Å². The summed E-state index contributed by atoms with van der Waals surface area (Å²) < 4.78 is 10.8. The molecule has 1 amide bonds. The lowest BCUT2D eigenvalue weighted by atomic mass is 10.3. The molecule has 3 aromatic rings. The second kappa shape index (κ2) is 8.25. The molecule has 0 saturated carbocycles. The van der Waals surface area contributed by atoms with E-state index < -0.39 is 0 Å². The smallest absolute Gasteiger partial charge is 0.238 e. The first-order valence-electron chi connectivity index (χ1n) is 7.61. The molecule has 0 aliphatic carbocycles.